The van der Waals surface area contributed by atoms with Gasteiger partial charge in [0.15, 0.2) is 6.10 Å². The Kier molecular flexibility index (Phi) is 8.00. The van der Waals surface area contributed by atoms with Crippen LogP contribution >= 0.6 is 0 Å². The number of amides is 1. The fourth-order valence-corrected chi connectivity index (χ4v) is 3.73. The SMILES string of the molecule is CCCNC(=O)[C@@H](C)OC(=O)c1cc(S(=O)(=O)N(C)C)ccc1N1CCOCC1. The van der Waals surface area contributed by atoms with Gasteiger partial charge in [0.2, 0.25) is 10.0 Å². The van der Waals surface area contributed by atoms with E-state index in [1.165, 1.54) is 33.2 Å². The van der Waals surface area contributed by atoms with Gasteiger partial charge in [-0.2, -0.15) is 0 Å². The summed E-state index contributed by atoms with van der Waals surface area (Å²) in [6.07, 6.45) is -0.237. The molecule has 0 aromatic heterocycles. The van der Waals surface area contributed by atoms with E-state index in [4.69, 9.17) is 9.47 Å². The van der Waals surface area contributed by atoms with E-state index in [-0.39, 0.29) is 10.5 Å². The van der Waals surface area contributed by atoms with Gasteiger partial charge in [0.25, 0.3) is 5.91 Å². The molecule has 162 valence electrons. The van der Waals surface area contributed by atoms with Crippen molar-refractivity contribution in [3.63, 3.8) is 0 Å². The molecule has 1 aromatic carbocycles. The fraction of sp³-hybridized carbons (Fsp3) is 0.579. The van der Waals surface area contributed by atoms with Crippen molar-refractivity contribution in [1.29, 1.82) is 0 Å². The predicted molar refractivity (Wildman–Crippen MR) is 109 cm³/mol. The van der Waals surface area contributed by atoms with Gasteiger partial charge in [-0.1, -0.05) is 6.92 Å². The summed E-state index contributed by atoms with van der Waals surface area (Å²) in [6, 6.07) is 4.37. The Morgan fingerprint density at radius 1 is 1.28 bits per heavy atom. The van der Waals surface area contributed by atoms with Crippen molar-refractivity contribution in [3.8, 4) is 0 Å². The molecule has 0 bridgehead atoms. The molecule has 1 aliphatic heterocycles. The first-order valence-electron chi connectivity index (χ1n) is 9.56. The maximum absolute atomic E-state index is 12.9. The number of anilines is 1. The molecule has 0 aliphatic carbocycles. The fourth-order valence-electron chi connectivity index (χ4n) is 2.80. The highest BCUT2D eigenvalue weighted by Crippen LogP contribution is 2.27. The first-order chi connectivity index (χ1) is 13.7. The predicted octanol–water partition coefficient (Wildman–Crippen LogP) is 0.845. The van der Waals surface area contributed by atoms with E-state index in [2.05, 4.69) is 5.32 Å². The van der Waals surface area contributed by atoms with E-state index < -0.39 is 28.0 Å². The van der Waals surface area contributed by atoms with Crippen molar-refractivity contribution < 1.29 is 27.5 Å². The summed E-state index contributed by atoms with van der Waals surface area (Å²) in [7, 11) is -0.894. The first kappa shape index (κ1) is 23.1. The molecule has 9 nitrogen and oxygen atoms in total. The summed E-state index contributed by atoms with van der Waals surface area (Å²) < 4.78 is 36.8. The standard InChI is InChI=1S/C19H29N3O6S/c1-5-8-20-18(23)14(2)28-19(24)16-13-15(29(25,26)21(3)4)6-7-17(16)22-9-11-27-12-10-22/h6-7,13-14H,5,8-12H2,1-4H3,(H,20,23)/t14-/m1/s1. The van der Waals surface area contributed by atoms with E-state index in [1.807, 2.05) is 11.8 Å². The summed E-state index contributed by atoms with van der Waals surface area (Å²) in [6.45, 7) is 6.01. The van der Waals surface area contributed by atoms with E-state index >= 15 is 0 Å². The van der Waals surface area contributed by atoms with E-state index in [1.54, 1.807) is 6.07 Å². The number of ether oxygens (including phenoxy) is 2. The molecule has 1 aromatic rings. The zero-order chi connectivity index (χ0) is 21.6. The second kappa shape index (κ2) is 10.0. The number of morpholine rings is 1. The van der Waals surface area contributed by atoms with Gasteiger partial charge in [0, 0.05) is 33.7 Å². The highest BCUT2D eigenvalue weighted by molar-refractivity contribution is 7.89. The van der Waals surface area contributed by atoms with Crippen LogP contribution in [-0.4, -0.2) is 77.6 Å². The Morgan fingerprint density at radius 2 is 1.93 bits per heavy atom. The number of carbonyl (C=O) groups excluding carboxylic acids is 2. The van der Waals surface area contributed by atoms with Gasteiger partial charge in [-0.15, -0.1) is 0 Å². The van der Waals surface area contributed by atoms with E-state index in [0.29, 0.717) is 38.5 Å². The van der Waals surface area contributed by atoms with Gasteiger partial charge >= 0.3 is 5.97 Å². The zero-order valence-corrected chi connectivity index (χ0v) is 18.1. The van der Waals surface area contributed by atoms with Crippen LogP contribution in [0.3, 0.4) is 0 Å². The van der Waals surface area contributed by atoms with Gasteiger partial charge < -0.3 is 19.7 Å². The highest BCUT2D eigenvalue weighted by Gasteiger charge is 2.27. The molecule has 2 rings (SSSR count). The molecule has 0 radical (unpaired) electrons. The van der Waals surface area contributed by atoms with Crippen molar-refractivity contribution >= 4 is 27.6 Å². The van der Waals surface area contributed by atoms with Crippen LogP contribution in [0.4, 0.5) is 5.69 Å². The van der Waals surface area contributed by atoms with Crippen molar-refractivity contribution in [3.05, 3.63) is 23.8 Å². The van der Waals surface area contributed by atoms with E-state index in [9.17, 15) is 18.0 Å². The van der Waals surface area contributed by atoms with Crippen molar-refractivity contribution in [2.24, 2.45) is 0 Å². The molecule has 10 heteroatoms. The van der Waals surface area contributed by atoms with Crippen LogP contribution in [0, 0.1) is 0 Å². The number of hydrogen-bond donors (Lipinski definition) is 1. The third kappa shape index (κ3) is 5.68. The quantitative estimate of drug-likeness (QED) is 0.613. The lowest BCUT2D eigenvalue weighted by atomic mass is 10.1. The third-order valence-corrected chi connectivity index (χ3v) is 6.33. The van der Waals surface area contributed by atoms with Gasteiger partial charge in [0.05, 0.1) is 29.4 Å². The maximum atomic E-state index is 12.9. The van der Waals surface area contributed by atoms with Crippen molar-refractivity contribution in [2.45, 2.75) is 31.3 Å². The van der Waals surface area contributed by atoms with Crippen LogP contribution in [0.5, 0.6) is 0 Å². The molecular formula is C19H29N3O6S. The molecule has 0 saturated carbocycles. The summed E-state index contributed by atoms with van der Waals surface area (Å²) in [5.41, 5.74) is 0.655. The molecule has 0 spiro atoms. The molecule has 1 aliphatic rings. The van der Waals surface area contributed by atoms with Crippen molar-refractivity contribution in [2.75, 3.05) is 51.8 Å². The number of esters is 1. The van der Waals surface area contributed by atoms with Gasteiger partial charge in [-0.3, -0.25) is 4.79 Å². The summed E-state index contributed by atoms with van der Waals surface area (Å²) >= 11 is 0. The second-order valence-corrected chi connectivity index (χ2v) is 9.06. The van der Waals surface area contributed by atoms with Crippen LogP contribution in [0.15, 0.2) is 23.1 Å². The number of benzene rings is 1. The Morgan fingerprint density at radius 3 is 2.52 bits per heavy atom. The van der Waals surface area contributed by atoms with Crippen LogP contribution in [0.1, 0.15) is 30.6 Å². The van der Waals surface area contributed by atoms with Crippen LogP contribution < -0.4 is 10.2 Å². The second-order valence-electron chi connectivity index (χ2n) is 6.90. The highest BCUT2D eigenvalue weighted by atomic mass is 32.2. The largest absolute Gasteiger partial charge is 0.449 e. The summed E-state index contributed by atoms with van der Waals surface area (Å²) in [4.78, 5) is 26.8. The number of sulfonamides is 1. The average molecular weight is 428 g/mol. The number of carbonyl (C=O) groups is 2. The van der Waals surface area contributed by atoms with Gasteiger partial charge in [0.1, 0.15) is 0 Å². The van der Waals surface area contributed by atoms with E-state index in [0.717, 1.165) is 10.7 Å². The van der Waals surface area contributed by atoms with Crippen molar-refractivity contribution in [1.82, 2.24) is 9.62 Å². The third-order valence-electron chi connectivity index (χ3n) is 4.52. The molecule has 1 atom stereocenters. The molecule has 1 heterocycles. The van der Waals surface area contributed by atoms with Crippen LogP contribution in [0.25, 0.3) is 0 Å². The maximum Gasteiger partial charge on any atom is 0.341 e. The molecular weight excluding hydrogens is 398 g/mol. The monoisotopic (exact) mass is 427 g/mol. The lowest BCUT2D eigenvalue weighted by Gasteiger charge is -2.30. The Hall–Kier alpha value is -2.17. The molecule has 29 heavy (non-hydrogen) atoms. The minimum absolute atomic E-state index is 0.0189. The first-order valence-corrected chi connectivity index (χ1v) is 11.0. The minimum Gasteiger partial charge on any atom is -0.449 e. The Bertz CT molecular complexity index is 834. The zero-order valence-electron chi connectivity index (χ0n) is 17.3. The average Bonchev–Trinajstić information content (AvgIpc) is 2.71. The molecule has 0 unspecified atom stereocenters. The smallest absolute Gasteiger partial charge is 0.341 e. The Balaban J connectivity index is 2.36. The van der Waals surface area contributed by atoms with Crippen LogP contribution in [-0.2, 0) is 24.3 Å². The number of nitrogens with one attached hydrogen (secondary N) is 1. The lowest BCUT2D eigenvalue weighted by Crippen LogP contribution is -2.38. The number of hydrogen-bond acceptors (Lipinski definition) is 7. The minimum atomic E-state index is -3.73. The molecule has 1 saturated heterocycles. The summed E-state index contributed by atoms with van der Waals surface area (Å²) in [5.74, 6) is -1.15. The normalized spacial score (nSPS) is 15.8. The van der Waals surface area contributed by atoms with Gasteiger partial charge in [-0.25, -0.2) is 17.5 Å². The molecule has 1 N–H and O–H groups in total. The Labute approximate surface area is 172 Å². The van der Waals surface area contributed by atoms with Gasteiger partial charge in [-0.05, 0) is 31.5 Å². The number of nitrogens with zero attached hydrogens (tertiary/aromatic N) is 2. The van der Waals surface area contributed by atoms with Crippen LogP contribution in [0.2, 0.25) is 0 Å². The topological polar surface area (TPSA) is 105 Å². The molecule has 1 fully saturated rings. The summed E-state index contributed by atoms with van der Waals surface area (Å²) in [5, 5.41) is 2.67. The lowest BCUT2D eigenvalue weighted by molar-refractivity contribution is -0.129. The number of rotatable bonds is 8. The molecule has 1 amide bonds.